The predicted octanol–water partition coefficient (Wildman–Crippen LogP) is 1.09. The predicted molar refractivity (Wildman–Crippen MR) is 61.7 cm³/mol. The van der Waals surface area contributed by atoms with Gasteiger partial charge in [-0.25, -0.2) is 4.39 Å². The lowest BCUT2D eigenvalue weighted by Crippen LogP contribution is -2.26. The van der Waals surface area contributed by atoms with Crippen molar-refractivity contribution in [2.45, 2.75) is 12.8 Å². The van der Waals surface area contributed by atoms with Gasteiger partial charge in [0, 0.05) is 20.0 Å². The lowest BCUT2D eigenvalue weighted by atomic mass is 10.1. The Kier molecular flexibility index (Phi) is 5.50. The number of carbonyl (C=O) groups is 1. The monoisotopic (exact) mass is 224 g/mol. The van der Waals surface area contributed by atoms with Gasteiger partial charge in [0.25, 0.3) is 0 Å². The van der Waals surface area contributed by atoms with Gasteiger partial charge in [0.1, 0.15) is 5.82 Å². The summed E-state index contributed by atoms with van der Waals surface area (Å²) in [6.07, 6.45) is 1.09. The molecular weight excluding hydrogens is 207 g/mol. The number of halogens is 1. The van der Waals surface area contributed by atoms with Crippen LogP contribution in [0.4, 0.5) is 4.39 Å². The molecule has 0 radical (unpaired) electrons. The fourth-order valence-corrected chi connectivity index (χ4v) is 1.38. The van der Waals surface area contributed by atoms with Crippen molar-refractivity contribution in [1.82, 2.24) is 10.6 Å². The van der Waals surface area contributed by atoms with Crippen LogP contribution < -0.4 is 10.6 Å². The van der Waals surface area contributed by atoms with Gasteiger partial charge >= 0.3 is 0 Å². The molecule has 16 heavy (non-hydrogen) atoms. The van der Waals surface area contributed by atoms with E-state index in [-0.39, 0.29) is 11.7 Å². The Hall–Kier alpha value is -1.42. The highest BCUT2D eigenvalue weighted by atomic mass is 19.1. The van der Waals surface area contributed by atoms with Crippen molar-refractivity contribution in [2.24, 2.45) is 0 Å². The molecule has 0 bridgehead atoms. The smallest absolute Gasteiger partial charge is 0.221 e. The van der Waals surface area contributed by atoms with Crippen molar-refractivity contribution in [3.8, 4) is 0 Å². The molecule has 4 heteroatoms. The highest BCUT2D eigenvalue weighted by Gasteiger charge is 2.00. The number of nitrogens with one attached hydrogen (secondary N) is 2. The van der Waals surface area contributed by atoms with E-state index in [1.165, 1.54) is 6.07 Å². The lowest BCUT2D eigenvalue weighted by Gasteiger charge is -2.05. The van der Waals surface area contributed by atoms with Crippen molar-refractivity contribution in [3.05, 3.63) is 35.6 Å². The minimum Gasteiger partial charge on any atom is -0.359 e. The third-order valence-corrected chi connectivity index (χ3v) is 2.34. The molecule has 1 aromatic rings. The Balaban J connectivity index is 2.17. The van der Waals surface area contributed by atoms with Crippen LogP contribution in [-0.4, -0.2) is 26.0 Å². The Bertz CT molecular complexity index is 342. The second-order valence-electron chi connectivity index (χ2n) is 3.51. The van der Waals surface area contributed by atoms with Crippen LogP contribution in [0, 0.1) is 5.82 Å². The van der Waals surface area contributed by atoms with Crippen LogP contribution in [0.15, 0.2) is 24.3 Å². The highest BCUT2D eigenvalue weighted by molar-refractivity contribution is 5.75. The van der Waals surface area contributed by atoms with Crippen molar-refractivity contribution in [2.75, 3.05) is 20.1 Å². The summed E-state index contributed by atoms with van der Waals surface area (Å²) in [5, 5.41) is 5.64. The van der Waals surface area contributed by atoms with Crippen LogP contribution in [0.3, 0.4) is 0 Å². The fraction of sp³-hybridized carbons (Fsp3) is 0.417. The first-order chi connectivity index (χ1) is 7.74. The van der Waals surface area contributed by atoms with E-state index in [4.69, 9.17) is 0 Å². The first-order valence-electron chi connectivity index (χ1n) is 5.38. The summed E-state index contributed by atoms with van der Waals surface area (Å²) in [7, 11) is 1.61. The molecule has 1 rings (SSSR count). The maximum absolute atomic E-state index is 13.2. The Morgan fingerprint density at radius 2 is 2.06 bits per heavy atom. The Morgan fingerprint density at radius 3 is 2.75 bits per heavy atom. The van der Waals surface area contributed by atoms with E-state index < -0.39 is 0 Å². The maximum atomic E-state index is 13.2. The largest absolute Gasteiger partial charge is 0.359 e. The molecule has 0 spiro atoms. The van der Waals surface area contributed by atoms with E-state index in [0.29, 0.717) is 31.5 Å². The molecule has 2 N–H and O–H groups in total. The van der Waals surface area contributed by atoms with Crippen LogP contribution in [0.25, 0.3) is 0 Å². The number of carbonyl (C=O) groups excluding carboxylic acids is 1. The summed E-state index contributed by atoms with van der Waals surface area (Å²) in [6, 6.07) is 6.73. The normalized spacial score (nSPS) is 10.1. The van der Waals surface area contributed by atoms with E-state index in [1.807, 2.05) is 6.07 Å². The standard InChI is InChI=1S/C12H17FN2O/c1-14-12(16)7-9-15-8-6-10-4-2-3-5-11(10)13/h2-5,15H,6-9H2,1H3,(H,14,16). The summed E-state index contributed by atoms with van der Waals surface area (Å²) >= 11 is 0. The molecule has 88 valence electrons. The molecule has 0 heterocycles. The van der Waals surface area contributed by atoms with Crippen LogP contribution in [0.1, 0.15) is 12.0 Å². The SMILES string of the molecule is CNC(=O)CCNCCc1ccccc1F. The molecular formula is C12H17FN2O. The fourth-order valence-electron chi connectivity index (χ4n) is 1.38. The molecule has 0 aliphatic heterocycles. The van der Waals surface area contributed by atoms with E-state index in [2.05, 4.69) is 10.6 Å². The van der Waals surface area contributed by atoms with Gasteiger partial charge in [0.05, 0.1) is 0 Å². The van der Waals surface area contributed by atoms with Crippen LogP contribution in [0.2, 0.25) is 0 Å². The van der Waals surface area contributed by atoms with Gasteiger partial charge in [-0.2, -0.15) is 0 Å². The summed E-state index contributed by atoms with van der Waals surface area (Å²) in [5.74, 6) is -0.158. The Morgan fingerprint density at radius 1 is 1.31 bits per heavy atom. The molecule has 0 aromatic heterocycles. The van der Waals surface area contributed by atoms with Crippen LogP contribution >= 0.6 is 0 Å². The molecule has 0 saturated carbocycles. The minimum atomic E-state index is -0.171. The van der Waals surface area contributed by atoms with Crippen molar-refractivity contribution < 1.29 is 9.18 Å². The molecule has 0 unspecified atom stereocenters. The zero-order chi connectivity index (χ0) is 11.8. The van der Waals surface area contributed by atoms with Gasteiger partial charge in [-0.05, 0) is 24.6 Å². The van der Waals surface area contributed by atoms with Gasteiger partial charge < -0.3 is 10.6 Å². The first-order valence-corrected chi connectivity index (χ1v) is 5.38. The number of rotatable bonds is 6. The highest BCUT2D eigenvalue weighted by Crippen LogP contribution is 2.05. The topological polar surface area (TPSA) is 41.1 Å². The van der Waals surface area contributed by atoms with Crippen molar-refractivity contribution in [3.63, 3.8) is 0 Å². The number of amides is 1. The van der Waals surface area contributed by atoms with Crippen molar-refractivity contribution in [1.29, 1.82) is 0 Å². The average molecular weight is 224 g/mol. The first kappa shape index (κ1) is 12.6. The van der Waals surface area contributed by atoms with Crippen LogP contribution in [-0.2, 0) is 11.2 Å². The Labute approximate surface area is 95.0 Å². The van der Waals surface area contributed by atoms with Gasteiger partial charge in [-0.1, -0.05) is 18.2 Å². The minimum absolute atomic E-state index is 0.0124. The third kappa shape index (κ3) is 4.40. The van der Waals surface area contributed by atoms with Crippen LogP contribution in [0.5, 0.6) is 0 Å². The van der Waals surface area contributed by atoms with Gasteiger partial charge in [-0.15, -0.1) is 0 Å². The molecule has 0 fully saturated rings. The van der Waals surface area contributed by atoms with E-state index in [0.717, 1.165) is 0 Å². The molecule has 3 nitrogen and oxygen atoms in total. The molecule has 0 aliphatic carbocycles. The summed E-state index contributed by atoms with van der Waals surface area (Å²) in [6.45, 7) is 1.30. The lowest BCUT2D eigenvalue weighted by molar-refractivity contribution is -0.120. The molecule has 1 aromatic carbocycles. The number of hydrogen-bond acceptors (Lipinski definition) is 2. The van der Waals surface area contributed by atoms with E-state index in [1.54, 1.807) is 19.2 Å². The van der Waals surface area contributed by atoms with E-state index in [9.17, 15) is 9.18 Å². The molecule has 0 saturated heterocycles. The number of benzene rings is 1. The zero-order valence-corrected chi connectivity index (χ0v) is 9.42. The second-order valence-corrected chi connectivity index (χ2v) is 3.51. The molecule has 0 aliphatic rings. The van der Waals surface area contributed by atoms with Gasteiger partial charge in [0.2, 0.25) is 5.91 Å². The number of hydrogen-bond donors (Lipinski definition) is 2. The quantitative estimate of drug-likeness (QED) is 0.710. The molecule has 0 atom stereocenters. The van der Waals surface area contributed by atoms with Crippen molar-refractivity contribution >= 4 is 5.91 Å². The maximum Gasteiger partial charge on any atom is 0.221 e. The molecule has 1 amide bonds. The zero-order valence-electron chi connectivity index (χ0n) is 9.42. The second kappa shape index (κ2) is 6.95. The summed E-state index contributed by atoms with van der Waals surface area (Å²) in [5.41, 5.74) is 0.704. The third-order valence-electron chi connectivity index (χ3n) is 2.34. The van der Waals surface area contributed by atoms with Gasteiger partial charge in [-0.3, -0.25) is 4.79 Å². The van der Waals surface area contributed by atoms with E-state index >= 15 is 0 Å². The summed E-state index contributed by atoms with van der Waals surface area (Å²) < 4.78 is 13.2. The summed E-state index contributed by atoms with van der Waals surface area (Å²) in [4.78, 5) is 10.9. The van der Waals surface area contributed by atoms with Gasteiger partial charge in [0.15, 0.2) is 0 Å². The average Bonchev–Trinajstić information content (AvgIpc) is 2.30.